The zero-order valence-electron chi connectivity index (χ0n) is 20.8. The van der Waals surface area contributed by atoms with Crippen LogP contribution in [-0.2, 0) is 11.2 Å². The van der Waals surface area contributed by atoms with Gasteiger partial charge in [0.15, 0.2) is 11.5 Å². The van der Waals surface area contributed by atoms with Gasteiger partial charge >= 0.3 is 5.63 Å². The molecule has 8 nitrogen and oxygen atoms in total. The number of benzene rings is 2. The van der Waals surface area contributed by atoms with Crippen LogP contribution in [-0.4, -0.2) is 25.5 Å². The van der Waals surface area contributed by atoms with Gasteiger partial charge in [-0.15, -0.1) is 0 Å². The van der Waals surface area contributed by atoms with E-state index in [-0.39, 0.29) is 12.8 Å². The lowest BCUT2D eigenvalue weighted by Gasteiger charge is -2.13. The summed E-state index contributed by atoms with van der Waals surface area (Å²) in [5.74, 6) is 0.567. The fraction of sp³-hybridized carbons (Fsp3) is 0.370. The first kappa shape index (κ1) is 25.8. The molecule has 0 saturated heterocycles. The molecule has 0 spiro atoms. The van der Waals surface area contributed by atoms with Crippen molar-refractivity contribution in [2.75, 3.05) is 13.7 Å². The first-order valence-electron chi connectivity index (χ1n) is 11.6. The number of nitrogens with one attached hydrogen (secondary N) is 2. The molecule has 0 fully saturated rings. The van der Waals surface area contributed by atoms with Crippen molar-refractivity contribution in [1.82, 2.24) is 10.9 Å². The van der Waals surface area contributed by atoms with Gasteiger partial charge in [0.25, 0.3) is 5.91 Å². The standard InChI is InChI=1S/C27H32N2O6/c1-16(2)12-13-34-22-10-7-19(15-24(22)33-5)26(31)29-28-25(30)11-9-21-18(4)20-8-6-17(3)14-23(20)35-27(21)32/h6-8,10,14-16H,9,11-13H2,1-5H3,(H,28,30)(H,29,31). The van der Waals surface area contributed by atoms with Crippen LogP contribution in [0.5, 0.6) is 11.5 Å². The molecule has 0 aliphatic carbocycles. The number of methoxy groups -OCH3 is 1. The second-order valence-corrected chi connectivity index (χ2v) is 8.89. The average Bonchev–Trinajstić information content (AvgIpc) is 2.82. The van der Waals surface area contributed by atoms with Crippen molar-refractivity contribution in [3.63, 3.8) is 0 Å². The molecule has 35 heavy (non-hydrogen) atoms. The molecule has 0 aliphatic heterocycles. The topological polar surface area (TPSA) is 107 Å². The van der Waals surface area contributed by atoms with E-state index < -0.39 is 17.4 Å². The zero-order chi connectivity index (χ0) is 25.5. The summed E-state index contributed by atoms with van der Waals surface area (Å²) in [6.45, 7) is 8.53. The SMILES string of the molecule is COc1cc(C(=O)NNC(=O)CCc2c(C)c3ccc(C)cc3oc2=O)ccc1OCCC(C)C. The van der Waals surface area contributed by atoms with E-state index in [4.69, 9.17) is 13.9 Å². The maximum Gasteiger partial charge on any atom is 0.339 e. The van der Waals surface area contributed by atoms with E-state index >= 15 is 0 Å². The predicted molar refractivity (Wildman–Crippen MR) is 134 cm³/mol. The summed E-state index contributed by atoms with van der Waals surface area (Å²) in [5.41, 5.74) is 7.38. The fourth-order valence-electron chi connectivity index (χ4n) is 3.62. The molecular weight excluding hydrogens is 448 g/mol. The van der Waals surface area contributed by atoms with E-state index in [1.165, 1.54) is 7.11 Å². The van der Waals surface area contributed by atoms with E-state index in [9.17, 15) is 14.4 Å². The molecule has 3 aromatic rings. The Hall–Kier alpha value is -3.81. The van der Waals surface area contributed by atoms with Gasteiger partial charge < -0.3 is 13.9 Å². The second kappa shape index (κ2) is 11.6. The van der Waals surface area contributed by atoms with Crippen LogP contribution < -0.4 is 26.0 Å². The average molecular weight is 481 g/mol. The fourth-order valence-corrected chi connectivity index (χ4v) is 3.62. The van der Waals surface area contributed by atoms with E-state index in [0.29, 0.717) is 40.7 Å². The van der Waals surface area contributed by atoms with Gasteiger partial charge in [0.1, 0.15) is 5.58 Å². The third-order valence-electron chi connectivity index (χ3n) is 5.74. The molecule has 0 radical (unpaired) electrons. The Labute approximate surface area is 204 Å². The maximum absolute atomic E-state index is 12.5. The van der Waals surface area contributed by atoms with Crippen molar-refractivity contribution in [3.05, 3.63) is 69.1 Å². The molecule has 2 N–H and O–H groups in total. The maximum atomic E-state index is 12.5. The Morgan fingerprint density at radius 2 is 1.80 bits per heavy atom. The van der Waals surface area contributed by atoms with Crippen molar-refractivity contribution in [1.29, 1.82) is 0 Å². The van der Waals surface area contributed by atoms with Crippen molar-refractivity contribution >= 4 is 22.8 Å². The monoisotopic (exact) mass is 480 g/mol. The van der Waals surface area contributed by atoms with E-state index in [2.05, 4.69) is 24.7 Å². The van der Waals surface area contributed by atoms with Gasteiger partial charge in [-0.1, -0.05) is 26.0 Å². The van der Waals surface area contributed by atoms with Crippen molar-refractivity contribution < 1.29 is 23.5 Å². The number of hydrogen-bond acceptors (Lipinski definition) is 6. The molecule has 186 valence electrons. The lowest BCUT2D eigenvalue weighted by molar-refractivity contribution is -0.121. The number of carbonyl (C=O) groups excluding carboxylic acids is 2. The normalized spacial score (nSPS) is 10.9. The minimum atomic E-state index is -0.498. The van der Waals surface area contributed by atoms with E-state index in [0.717, 1.165) is 22.9 Å². The van der Waals surface area contributed by atoms with E-state index in [1.807, 2.05) is 32.0 Å². The summed E-state index contributed by atoms with van der Waals surface area (Å²) < 4.78 is 16.5. The summed E-state index contributed by atoms with van der Waals surface area (Å²) in [7, 11) is 1.50. The van der Waals surface area contributed by atoms with Gasteiger partial charge in [-0.3, -0.25) is 20.4 Å². The van der Waals surface area contributed by atoms with Gasteiger partial charge in [-0.05, 0) is 68.0 Å². The Balaban J connectivity index is 1.57. The third kappa shape index (κ3) is 6.62. The van der Waals surface area contributed by atoms with Crippen LogP contribution in [0.15, 0.2) is 45.6 Å². The molecule has 2 amide bonds. The number of fused-ring (bicyclic) bond motifs is 1. The summed E-state index contributed by atoms with van der Waals surface area (Å²) in [4.78, 5) is 37.3. The Bertz CT molecular complexity index is 1280. The zero-order valence-corrected chi connectivity index (χ0v) is 20.8. The first-order valence-corrected chi connectivity index (χ1v) is 11.6. The van der Waals surface area contributed by atoms with Crippen LogP contribution in [0.25, 0.3) is 11.0 Å². The lowest BCUT2D eigenvalue weighted by atomic mass is 10.0. The Morgan fingerprint density at radius 1 is 1.03 bits per heavy atom. The van der Waals surface area contributed by atoms with Gasteiger partial charge in [-0.2, -0.15) is 0 Å². The Morgan fingerprint density at radius 3 is 2.51 bits per heavy atom. The van der Waals surface area contributed by atoms with Gasteiger partial charge in [0, 0.05) is 22.9 Å². The number of amides is 2. The van der Waals surface area contributed by atoms with E-state index in [1.54, 1.807) is 18.2 Å². The molecular formula is C27H32N2O6. The molecule has 1 heterocycles. The highest BCUT2D eigenvalue weighted by molar-refractivity contribution is 5.96. The van der Waals surface area contributed by atoms with Crippen LogP contribution >= 0.6 is 0 Å². The van der Waals surface area contributed by atoms with Crippen LogP contribution in [0, 0.1) is 19.8 Å². The first-order chi connectivity index (χ1) is 16.7. The molecule has 0 bridgehead atoms. The predicted octanol–water partition coefficient (Wildman–Crippen LogP) is 4.24. The molecule has 1 aromatic heterocycles. The third-order valence-corrected chi connectivity index (χ3v) is 5.74. The number of hydrogen-bond donors (Lipinski definition) is 2. The quantitative estimate of drug-likeness (QED) is 0.351. The summed E-state index contributed by atoms with van der Waals surface area (Å²) in [6, 6.07) is 10.5. The molecule has 0 saturated carbocycles. The minimum absolute atomic E-state index is 0.00913. The number of ether oxygens (including phenoxy) is 2. The summed E-state index contributed by atoms with van der Waals surface area (Å²) >= 11 is 0. The largest absolute Gasteiger partial charge is 0.493 e. The van der Waals surface area contributed by atoms with Crippen molar-refractivity contribution in [2.45, 2.75) is 47.0 Å². The number of aryl methyl sites for hydroxylation is 2. The van der Waals surface area contributed by atoms with Crippen molar-refractivity contribution in [3.8, 4) is 11.5 Å². The smallest absolute Gasteiger partial charge is 0.339 e. The van der Waals surface area contributed by atoms with Gasteiger partial charge in [0.2, 0.25) is 5.91 Å². The van der Waals surface area contributed by atoms with Gasteiger partial charge in [-0.25, -0.2) is 4.79 Å². The Kier molecular flexibility index (Phi) is 8.52. The molecule has 0 unspecified atom stereocenters. The molecule has 0 aliphatic rings. The molecule has 2 aromatic carbocycles. The summed E-state index contributed by atoms with van der Waals surface area (Å²) in [5, 5.41) is 0.837. The van der Waals surface area contributed by atoms with Crippen LogP contribution in [0.1, 0.15) is 53.7 Å². The number of rotatable bonds is 9. The minimum Gasteiger partial charge on any atom is -0.493 e. The van der Waals surface area contributed by atoms with Gasteiger partial charge in [0.05, 0.1) is 13.7 Å². The highest BCUT2D eigenvalue weighted by Crippen LogP contribution is 2.28. The number of hydrazine groups is 1. The van der Waals surface area contributed by atoms with Crippen LogP contribution in [0.3, 0.4) is 0 Å². The van der Waals surface area contributed by atoms with Crippen molar-refractivity contribution in [2.24, 2.45) is 5.92 Å². The summed E-state index contributed by atoms with van der Waals surface area (Å²) in [6.07, 6.45) is 1.10. The highest BCUT2D eigenvalue weighted by atomic mass is 16.5. The number of carbonyl (C=O) groups is 2. The molecule has 3 rings (SSSR count). The van der Waals surface area contributed by atoms with Crippen LogP contribution in [0.2, 0.25) is 0 Å². The molecule has 8 heteroatoms. The van der Waals surface area contributed by atoms with Crippen LogP contribution in [0.4, 0.5) is 0 Å². The highest BCUT2D eigenvalue weighted by Gasteiger charge is 2.15. The molecule has 0 atom stereocenters. The second-order valence-electron chi connectivity index (χ2n) is 8.89. The lowest BCUT2D eigenvalue weighted by Crippen LogP contribution is -2.41.